The molecule has 66 valence electrons. The molecule has 0 aliphatic carbocycles. The lowest BCUT2D eigenvalue weighted by molar-refractivity contribution is -0.126. The quantitative estimate of drug-likeness (QED) is 0.588. The molecule has 4 nitrogen and oxygen atoms in total. The van der Waals surface area contributed by atoms with E-state index < -0.39 is 0 Å². The second-order valence-electron chi connectivity index (χ2n) is 2.94. The van der Waals surface area contributed by atoms with Crippen molar-refractivity contribution in [3.05, 3.63) is 0 Å². The van der Waals surface area contributed by atoms with Gasteiger partial charge in [-0.2, -0.15) is 11.8 Å². The second-order valence-corrected chi connectivity index (χ2v) is 4.09. The van der Waals surface area contributed by atoms with Gasteiger partial charge in [-0.1, -0.05) is 0 Å². The Morgan fingerprint density at radius 3 is 2.83 bits per heavy atom. The van der Waals surface area contributed by atoms with Gasteiger partial charge in [-0.15, -0.1) is 0 Å². The molecule has 2 fully saturated rings. The van der Waals surface area contributed by atoms with Crippen LogP contribution in [-0.2, 0) is 4.79 Å². The van der Waals surface area contributed by atoms with Crippen molar-refractivity contribution in [3.63, 3.8) is 0 Å². The maximum absolute atomic E-state index is 11.2. The molecule has 0 aromatic rings. The van der Waals surface area contributed by atoms with Crippen LogP contribution in [-0.4, -0.2) is 40.9 Å². The van der Waals surface area contributed by atoms with E-state index in [0.29, 0.717) is 0 Å². The summed E-state index contributed by atoms with van der Waals surface area (Å²) in [7, 11) is 0. The van der Waals surface area contributed by atoms with Crippen LogP contribution in [0.15, 0.2) is 0 Å². The largest absolute Gasteiger partial charge is 0.329 e. The van der Waals surface area contributed by atoms with Crippen LogP contribution in [0.3, 0.4) is 0 Å². The molecule has 0 bridgehead atoms. The van der Waals surface area contributed by atoms with Crippen molar-refractivity contribution in [2.45, 2.75) is 12.5 Å². The van der Waals surface area contributed by atoms with Gasteiger partial charge in [0.1, 0.15) is 0 Å². The molecule has 0 aromatic heterocycles. The minimum absolute atomic E-state index is 0.0764. The summed E-state index contributed by atoms with van der Waals surface area (Å²) in [5, 5.41) is 2.52. The lowest BCUT2D eigenvalue weighted by Crippen LogP contribution is -2.40. The number of hydrogen-bond donors (Lipinski definition) is 1. The summed E-state index contributed by atoms with van der Waals surface area (Å²) in [6, 6.07) is -0.0718. The number of nitrogens with zero attached hydrogens (tertiary/aromatic N) is 1. The van der Waals surface area contributed by atoms with Crippen LogP contribution in [0.1, 0.15) is 6.42 Å². The number of hydrogen-bond acceptors (Lipinski definition) is 3. The van der Waals surface area contributed by atoms with Crippen LogP contribution in [0.5, 0.6) is 0 Å². The Labute approximate surface area is 74.7 Å². The molecule has 2 rings (SSSR count). The van der Waals surface area contributed by atoms with Crippen molar-refractivity contribution in [2.24, 2.45) is 0 Å². The summed E-state index contributed by atoms with van der Waals surface area (Å²) in [6.07, 6.45) is 0.948. The summed E-state index contributed by atoms with van der Waals surface area (Å²) >= 11 is 1.80. The summed E-state index contributed by atoms with van der Waals surface area (Å²) < 4.78 is 0. The van der Waals surface area contributed by atoms with E-state index >= 15 is 0 Å². The van der Waals surface area contributed by atoms with Gasteiger partial charge >= 0.3 is 6.03 Å². The number of thioether (sulfide) groups is 1. The lowest BCUT2D eigenvalue weighted by Gasteiger charge is -2.18. The van der Waals surface area contributed by atoms with Crippen LogP contribution in [0, 0.1) is 0 Å². The molecule has 5 heteroatoms. The topological polar surface area (TPSA) is 49.4 Å². The molecule has 0 spiro atoms. The Morgan fingerprint density at radius 1 is 1.50 bits per heavy atom. The number of imide groups is 1. The number of carbonyl (C=O) groups is 2. The minimum Gasteiger partial charge on any atom is -0.329 e. The van der Waals surface area contributed by atoms with Crippen LogP contribution in [0.2, 0.25) is 0 Å². The van der Waals surface area contributed by atoms with E-state index in [1.165, 1.54) is 4.90 Å². The Bertz CT molecular complexity index is 209. The van der Waals surface area contributed by atoms with Crippen LogP contribution < -0.4 is 5.32 Å². The molecule has 2 aliphatic rings. The maximum Gasteiger partial charge on any atom is 0.324 e. The van der Waals surface area contributed by atoms with Crippen molar-refractivity contribution in [1.82, 2.24) is 10.2 Å². The van der Waals surface area contributed by atoms with E-state index in [9.17, 15) is 9.59 Å². The molecule has 2 saturated heterocycles. The third-order valence-corrected chi connectivity index (χ3v) is 3.29. The van der Waals surface area contributed by atoms with Crippen molar-refractivity contribution in [2.75, 3.05) is 18.1 Å². The number of urea groups is 1. The van der Waals surface area contributed by atoms with E-state index in [0.717, 1.165) is 17.9 Å². The van der Waals surface area contributed by atoms with Crippen molar-refractivity contribution < 1.29 is 9.59 Å². The Balaban J connectivity index is 2.09. The van der Waals surface area contributed by atoms with Gasteiger partial charge in [-0.3, -0.25) is 9.69 Å². The van der Waals surface area contributed by atoms with Crippen molar-refractivity contribution >= 4 is 23.7 Å². The van der Waals surface area contributed by atoms with E-state index in [2.05, 4.69) is 5.32 Å². The first-order chi connectivity index (χ1) is 5.79. The molecular formula is C7H10N2O2S. The van der Waals surface area contributed by atoms with E-state index in [4.69, 9.17) is 0 Å². The molecule has 12 heavy (non-hydrogen) atoms. The zero-order valence-electron chi connectivity index (χ0n) is 6.58. The van der Waals surface area contributed by atoms with Gasteiger partial charge in [-0.05, 0) is 12.2 Å². The molecule has 0 aromatic carbocycles. The van der Waals surface area contributed by atoms with Gasteiger partial charge in [0.25, 0.3) is 0 Å². The molecule has 1 atom stereocenters. The fraction of sp³-hybridized carbons (Fsp3) is 0.714. The average Bonchev–Trinajstić information content (AvgIpc) is 2.61. The molecule has 1 unspecified atom stereocenters. The smallest absolute Gasteiger partial charge is 0.324 e. The van der Waals surface area contributed by atoms with Crippen LogP contribution >= 0.6 is 11.8 Å². The average molecular weight is 186 g/mol. The summed E-state index contributed by atoms with van der Waals surface area (Å²) in [5.41, 5.74) is 0. The highest BCUT2D eigenvalue weighted by Crippen LogP contribution is 2.23. The monoisotopic (exact) mass is 186 g/mol. The maximum atomic E-state index is 11.2. The fourth-order valence-corrected chi connectivity index (χ4v) is 2.72. The Hall–Kier alpha value is -0.710. The standard InChI is InChI=1S/C7H10N2O2S/c10-6-3-8-7(11)9(6)5-1-2-12-4-5/h5H,1-4H2,(H,8,11). The molecule has 2 aliphatic heterocycles. The highest BCUT2D eigenvalue weighted by atomic mass is 32.2. The van der Waals surface area contributed by atoms with Crippen molar-refractivity contribution in [3.8, 4) is 0 Å². The summed E-state index contributed by atoms with van der Waals surface area (Å²) in [6.45, 7) is 0.181. The first-order valence-corrected chi connectivity index (χ1v) is 5.12. The molecule has 2 heterocycles. The second kappa shape index (κ2) is 2.97. The van der Waals surface area contributed by atoms with Gasteiger partial charge in [0.15, 0.2) is 0 Å². The third-order valence-electron chi connectivity index (χ3n) is 2.15. The van der Waals surface area contributed by atoms with Crippen LogP contribution in [0.25, 0.3) is 0 Å². The predicted octanol–water partition coefficient (Wildman–Crippen LogP) is 0.0437. The Morgan fingerprint density at radius 2 is 2.33 bits per heavy atom. The first kappa shape index (κ1) is 7.91. The van der Waals surface area contributed by atoms with Crippen LogP contribution in [0.4, 0.5) is 4.79 Å². The zero-order chi connectivity index (χ0) is 8.55. The van der Waals surface area contributed by atoms with Gasteiger partial charge in [-0.25, -0.2) is 4.79 Å². The van der Waals surface area contributed by atoms with E-state index in [1.807, 2.05) is 0 Å². The summed E-state index contributed by atoms with van der Waals surface area (Å²) in [4.78, 5) is 23.7. The summed E-state index contributed by atoms with van der Waals surface area (Å²) in [5.74, 6) is 1.88. The molecule has 1 N–H and O–H groups in total. The van der Waals surface area contributed by atoms with Gasteiger partial charge in [0, 0.05) is 5.75 Å². The number of rotatable bonds is 1. The molecule has 0 saturated carbocycles. The fourth-order valence-electron chi connectivity index (χ4n) is 1.53. The van der Waals surface area contributed by atoms with Crippen molar-refractivity contribution in [1.29, 1.82) is 0 Å². The predicted molar refractivity (Wildman–Crippen MR) is 46.0 cm³/mol. The molecule has 3 amide bonds. The van der Waals surface area contributed by atoms with Gasteiger partial charge in [0.2, 0.25) is 5.91 Å². The molecular weight excluding hydrogens is 176 g/mol. The third kappa shape index (κ3) is 1.18. The zero-order valence-corrected chi connectivity index (χ0v) is 7.39. The number of nitrogens with one attached hydrogen (secondary N) is 1. The van der Waals surface area contributed by atoms with E-state index in [1.54, 1.807) is 11.8 Å². The van der Waals surface area contributed by atoms with Gasteiger partial charge in [0.05, 0.1) is 12.6 Å². The highest BCUT2D eigenvalue weighted by Gasteiger charge is 2.36. The lowest BCUT2D eigenvalue weighted by atomic mass is 10.2. The number of amides is 3. The highest BCUT2D eigenvalue weighted by molar-refractivity contribution is 7.99. The Kier molecular flexibility index (Phi) is 1.96. The SMILES string of the molecule is O=C1CNC(=O)N1C1CCSC1. The minimum atomic E-state index is -0.215. The van der Waals surface area contributed by atoms with E-state index in [-0.39, 0.29) is 24.5 Å². The van der Waals surface area contributed by atoms with Gasteiger partial charge < -0.3 is 5.32 Å². The molecule has 0 radical (unpaired) electrons. The normalized spacial score (nSPS) is 29.7. The number of carbonyl (C=O) groups excluding carboxylic acids is 2. The first-order valence-electron chi connectivity index (χ1n) is 3.96.